The fourth-order valence-corrected chi connectivity index (χ4v) is 2.45. The lowest BCUT2D eigenvalue weighted by Crippen LogP contribution is -2.25. The summed E-state index contributed by atoms with van der Waals surface area (Å²) < 4.78 is 0. The number of fused-ring (bicyclic) bond motifs is 1. The Morgan fingerprint density at radius 3 is 3.12 bits per heavy atom. The highest BCUT2D eigenvalue weighted by molar-refractivity contribution is 5.61. The number of unbranched alkanes of at least 4 members (excludes halogenated alkanes) is 1. The van der Waals surface area contributed by atoms with Gasteiger partial charge in [0, 0.05) is 24.8 Å². The molecule has 1 atom stereocenters. The maximum absolute atomic E-state index is 3.62. The molecule has 0 amide bonds. The van der Waals surface area contributed by atoms with Crippen molar-refractivity contribution in [2.75, 3.05) is 11.9 Å². The second-order valence-corrected chi connectivity index (χ2v) is 5.05. The van der Waals surface area contributed by atoms with E-state index < -0.39 is 0 Å². The van der Waals surface area contributed by atoms with Gasteiger partial charge in [-0.25, -0.2) is 0 Å². The highest BCUT2D eigenvalue weighted by atomic mass is 14.9. The lowest BCUT2D eigenvalue weighted by Gasteiger charge is -2.15. The van der Waals surface area contributed by atoms with Gasteiger partial charge in [0.25, 0.3) is 0 Å². The lowest BCUT2D eigenvalue weighted by atomic mass is 10.1. The van der Waals surface area contributed by atoms with Gasteiger partial charge in [0.15, 0.2) is 0 Å². The van der Waals surface area contributed by atoms with Crippen LogP contribution >= 0.6 is 0 Å². The number of para-hydroxylation sites is 1. The molecule has 2 heteroatoms. The Morgan fingerprint density at radius 2 is 2.29 bits per heavy atom. The molecule has 94 valence electrons. The van der Waals surface area contributed by atoms with Crippen molar-refractivity contribution in [3.8, 4) is 0 Å². The van der Waals surface area contributed by atoms with Crippen molar-refractivity contribution in [2.24, 2.45) is 0 Å². The second-order valence-electron chi connectivity index (χ2n) is 5.05. The molecule has 1 aromatic rings. The van der Waals surface area contributed by atoms with Crippen molar-refractivity contribution in [1.29, 1.82) is 0 Å². The van der Waals surface area contributed by atoms with E-state index in [0.717, 1.165) is 13.1 Å². The molecule has 0 radical (unpaired) electrons. The van der Waals surface area contributed by atoms with E-state index in [2.05, 4.69) is 42.7 Å². The third-order valence-corrected chi connectivity index (χ3v) is 3.56. The quantitative estimate of drug-likeness (QED) is 0.786. The summed E-state index contributed by atoms with van der Waals surface area (Å²) in [6.45, 7) is 6.62. The molecule has 1 aromatic carbocycles. The monoisotopic (exact) mass is 232 g/mol. The van der Waals surface area contributed by atoms with Gasteiger partial charge in [0.2, 0.25) is 0 Å². The van der Waals surface area contributed by atoms with Crippen LogP contribution in [0.3, 0.4) is 0 Å². The number of rotatable bonds is 6. The normalized spacial score (nSPS) is 15.4. The Kier molecular flexibility index (Phi) is 4.43. The molecule has 1 aliphatic heterocycles. The van der Waals surface area contributed by atoms with E-state index in [-0.39, 0.29) is 0 Å². The van der Waals surface area contributed by atoms with Crippen LogP contribution in [0.5, 0.6) is 0 Å². The summed E-state index contributed by atoms with van der Waals surface area (Å²) in [5.74, 6) is 0. The van der Waals surface area contributed by atoms with Crippen LogP contribution in [0, 0.1) is 0 Å². The first-order valence-corrected chi connectivity index (χ1v) is 6.89. The van der Waals surface area contributed by atoms with E-state index in [4.69, 9.17) is 0 Å². The Hall–Kier alpha value is -1.02. The number of nitrogens with one attached hydrogen (secondary N) is 2. The summed E-state index contributed by atoms with van der Waals surface area (Å²) in [6.07, 6.45) is 5.06. The minimum absolute atomic E-state index is 0.618. The van der Waals surface area contributed by atoms with Crippen molar-refractivity contribution >= 4 is 5.69 Å². The van der Waals surface area contributed by atoms with Gasteiger partial charge in [0.1, 0.15) is 0 Å². The van der Waals surface area contributed by atoms with Gasteiger partial charge >= 0.3 is 0 Å². The minimum Gasteiger partial charge on any atom is -0.384 e. The van der Waals surface area contributed by atoms with E-state index in [0.29, 0.717) is 6.04 Å². The fraction of sp³-hybridized carbons (Fsp3) is 0.600. The van der Waals surface area contributed by atoms with Crippen molar-refractivity contribution in [3.05, 3.63) is 29.3 Å². The van der Waals surface area contributed by atoms with Gasteiger partial charge in [-0.05, 0) is 30.9 Å². The van der Waals surface area contributed by atoms with Crippen molar-refractivity contribution in [3.63, 3.8) is 0 Å². The molecular weight excluding hydrogens is 208 g/mol. The minimum atomic E-state index is 0.618. The Morgan fingerprint density at radius 1 is 1.41 bits per heavy atom. The SMILES string of the molecule is CCCCC(C)NCc1cccc2c1NCC2. The first-order chi connectivity index (χ1) is 8.31. The zero-order chi connectivity index (χ0) is 12.1. The zero-order valence-corrected chi connectivity index (χ0v) is 11.1. The van der Waals surface area contributed by atoms with E-state index in [9.17, 15) is 0 Å². The average molecular weight is 232 g/mol. The molecule has 0 spiro atoms. The van der Waals surface area contributed by atoms with Gasteiger partial charge in [-0.3, -0.25) is 0 Å². The van der Waals surface area contributed by atoms with E-state index in [1.807, 2.05) is 0 Å². The molecule has 0 bridgehead atoms. The Balaban J connectivity index is 1.89. The van der Waals surface area contributed by atoms with E-state index >= 15 is 0 Å². The molecule has 1 heterocycles. The van der Waals surface area contributed by atoms with Gasteiger partial charge in [0.05, 0.1) is 0 Å². The summed E-state index contributed by atoms with van der Waals surface area (Å²) in [4.78, 5) is 0. The molecule has 0 fully saturated rings. The summed E-state index contributed by atoms with van der Waals surface area (Å²) in [6, 6.07) is 7.27. The molecule has 2 rings (SSSR count). The molecule has 2 nitrogen and oxygen atoms in total. The lowest BCUT2D eigenvalue weighted by molar-refractivity contribution is 0.495. The van der Waals surface area contributed by atoms with Gasteiger partial charge in [-0.1, -0.05) is 38.0 Å². The predicted octanol–water partition coefficient (Wildman–Crippen LogP) is 3.32. The van der Waals surface area contributed by atoms with Gasteiger partial charge in [-0.15, -0.1) is 0 Å². The van der Waals surface area contributed by atoms with Crippen LogP contribution in [0.2, 0.25) is 0 Å². The van der Waals surface area contributed by atoms with E-state index in [1.165, 1.54) is 42.5 Å². The van der Waals surface area contributed by atoms with Crippen LogP contribution in [0.4, 0.5) is 5.69 Å². The fourth-order valence-electron chi connectivity index (χ4n) is 2.45. The molecule has 17 heavy (non-hydrogen) atoms. The summed E-state index contributed by atoms with van der Waals surface area (Å²) >= 11 is 0. The molecule has 0 saturated heterocycles. The molecule has 0 saturated carbocycles. The summed E-state index contributed by atoms with van der Waals surface area (Å²) in [5, 5.41) is 7.12. The predicted molar refractivity (Wildman–Crippen MR) is 74.5 cm³/mol. The number of benzene rings is 1. The third-order valence-electron chi connectivity index (χ3n) is 3.56. The van der Waals surface area contributed by atoms with Crippen LogP contribution in [-0.4, -0.2) is 12.6 Å². The molecule has 2 N–H and O–H groups in total. The topological polar surface area (TPSA) is 24.1 Å². The van der Waals surface area contributed by atoms with Crippen LogP contribution in [0.1, 0.15) is 44.2 Å². The van der Waals surface area contributed by atoms with Crippen LogP contribution in [0.25, 0.3) is 0 Å². The molecule has 0 aliphatic carbocycles. The number of hydrogen-bond acceptors (Lipinski definition) is 2. The highest BCUT2D eigenvalue weighted by Crippen LogP contribution is 2.26. The Bertz CT molecular complexity index is 360. The van der Waals surface area contributed by atoms with Gasteiger partial charge in [-0.2, -0.15) is 0 Å². The average Bonchev–Trinajstić information content (AvgIpc) is 2.82. The Labute approximate surface area is 105 Å². The largest absolute Gasteiger partial charge is 0.384 e. The number of hydrogen-bond donors (Lipinski definition) is 2. The van der Waals surface area contributed by atoms with Gasteiger partial charge < -0.3 is 10.6 Å². The van der Waals surface area contributed by atoms with Crippen molar-refractivity contribution < 1.29 is 0 Å². The standard InChI is InChI=1S/C15H24N2/c1-3-4-6-12(2)17-11-14-8-5-7-13-9-10-16-15(13)14/h5,7-8,12,16-17H,3-4,6,9-11H2,1-2H3. The maximum atomic E-state index is 3.62. The highest BCUT2D eigenvalue weighted by Gasteiger charge is 2.13. The van der Waals surface area contributed by atoms with Crippen LogP contribution in [-0.2, 0) is 13.0 Å². The van der Waals surface area contributed by atoms with Crippen LogP contribution in [0.15, 0.2) is 18.2 Å². The molecule has 1 aliphatic rings. The first-order valence-electron chi connectivity index (χ1n) is 6.89. The first kappa shape index (κ1) is 12.4. The zero-order valence-electron chi connectivity index (χ0n) is 11.1. The van der Waals surface area contributed by atoms with Crippen molar-refractivity contribution in [2.45, 2.75) is 52.1 Å². The number of anilines is 1. The van der Waals surface area contributed by atoms with Crippen molar-refractivity contribution in [1.82, 2.24) is 5.32 Å². The molecule has 0 aromatic heterocycles. The van der Waals surface area contributed by atoms with E-state index in [1.54, 1.807) is 0 Å². The smallest absolute Gasteiger partial charge is 0.0419 e. The second kappa shape index (κ2) is 6.06. The molecular formula is C15H24N2. The third kappa shape index (κ3) is 3.22. The summed E-state index contributed by atoms with van der Waals surface area (Å²) in [7, 11) is 0. The maximum Gasteiger partial charge on any atom is 0.0419 e. The summed E-state index contributed by atoms with van der Waals surface area (Å²) in [5.41, 5.74) is 4.27. The molecule has 1 unspecified atom stereocenters. The van der Waals surface area contributed by atoms with Crippen LogP contribution < -0.4 is 10.6 Å².